The van der Waals surface area contributed by atoms with Gasteiger partial charge in [0, 0.05) is 4.88 Å². The van der Waals surface area contributed by atoms with E-state index in [9.17, 15) is 8.78 Å². The van der Waals surface area contributed by atoms with Crippen molar-refractivity contribution in [3.8, 4) is 0 Å². The first kappa shape index (κ1) is 13.0. The SMILES string of the molecule is Cc1cc(C(Br)c2ccc(F)c(F)c2)sc1Cl. The summed E-state index contributed by atoms with van der Waals surface area (Å²) in [6.45, 7) is 1.91. The van der Waals surface area contributed by atoms with Gasteiger partial charge in [0.2, 0.25) is 0 Å². The van der Waals surface area contributed by atoms with E-state index in [0.717, 1.165) is 16.5 Å². The van der Waals surface area contributed by atoms with Crippen LogP contribution in [-0.4, -0.2) is 0 Å². The van der Waals surface area contributed by atoms with E-state index in [0.29, 0.717) is 9.90 Å². The molecule has 1 atom stereocenters. The normalized spacial score (nSPS) is 12.8. The number of hydrogen-bond acceptors (Lipinski definition) is 1. The molecule has 0 aliphatic heterocycles. The fourth-order valence-electron chi connectivity index (χ4n) is 1.44. The van der Waals surface area contributed by atoms with Crippen LogP contribution in [0.1, 0.15) is 20.8 Å². The zero-order valence-corrected chi connectivity index (χ0v) is 12.0. The number of thiophene rings is 1. The first-order chi connectivity index (χ1) is 7.99. The zero-order chi connectivity index (χ0) is 12.6. The standard InChI is InChI=1S/C12H8BrClF2S/c1-6-4-10(17-12(6)14)11(13)7-2-3-8(15)9(16)5-7/h2-5,11H,1H3. The van der Waals surface area contributed by atoms with Crippen molar-refractivity contribution in [3.05, 3.63) is 56.2 Å². The fourth-order valence-corrected chi connectivity index (χ4v) is 3.36. The molecule has 0 nitrogen and oxygen atoms in total. The van der Waals surface area contributed by atoms with Crippen LogP contribution in [-0.2, 0) is 0 Å². The van der Waals surface area contributed by atoms with Crippen LogP contribution < -0.4 is 0 Å². The molecule has 0 fully saturated rings. The van der Waals surface area contributed by atoms with E-state index in [4.69, 9.17) is 11.6 Å². The molecule has 0 radical (unpaired) electrons. The lowest BCUT2D eigenvalue weighted by Crippen LogP contribution is -1.92. The minimum absolute atomic E-state index is 0.172. The highest BCUT2D eigenvalue weighted by Crippen LogP contribution is 2.39. The van der Waals surface area contributed by atoms with Gasteiger partial charge in [-0.05, 0) is 36.2 Å². The molecule has 0 spiro atoms. The number of benzene rings is 1. The summed E-state index contributed by atoms with van der Waals surface area (Å²) in [5.74, 6) is -1.68. The quantitative estimate of drug-likeness (QED) is 0.637. The first-order valence-corrected chi connectivity index (χ1v) is 6.95. The van der Waals surface area contributed by atoms with E-state index in [1.807, 2.05) is 13.0 Å². The molecule has 0 aliphatic carbocycles. The number of hydrogen-bond donors (Lipinski definition) is 0. The second kappa shape index (κ2) is 5.04. The Morgan fingerprint density at radius 2 is 1.94 bits per heavy atom. The van der Waals surface area contributed by atoms with Crippen molar-refractivity contribution in [2.45, 2.75) is 11.8 Å². The average molecular weight is 338 g/mol. The molecule has 1 heterocycles. The Labute approximate surface area is 115 Å². The van der Waals surface area contributed by atoms with Crippen molar-refractivity contribution >= 4 is 38.9 Å². The van der Waals surface area contributed by atoms with E-state index in [2.05, 4.69) is 15.9 Å². The Bertz CT molecular complexity index is 534. The summed E-state index contributed by atoms with van der Waals surface area (Å²) in [7, 11) is 0. The van der Waals surface area contributed by atoms with Crippen molar-refractivity contribution in [1.82, 2.24) is 0 Å². The topological polar surface area (TPSA) is 0 Å². The minimum atomic E-state index is -0.841. The molecule has 0 amide bonds. The van der Waals surface area contributed by atoms with Gasteiger partial charge in [0.05, 0.1) is 9.16 Å². The average Bonchev–Trinajstić information content (AvgIpc) is 2.62. The van der Waals surface area contributed by atoms with Crippen LogP contribution in [0.3, 0.4) is 0 Å². The second-order valence-corrected chi connectivity index (χ2v) is 6.24. The predicted octanol–water partition coefficient (Wildman–Crippen LogP) is 5.47. The van der Waals surface area contributed by atoms with E-state index >= 15 is 0 Å². The largest absolute Gasteiger partial charge is 0.204 e. The third-order valence-electron chi connectivity index (χ3n) is 2.36. The lowest BCUT2D eigenvalue weighted by atomic mass is 10.1. The van der Waals surface area contributed by atoms with Gasteiger partial charge in [-0.25, -0.2) is 8.78 Å². The van der Waals surface area contributed by atoms with Crippen LogP contribution in [0.4, 0.5) is 8.78 Å². The summed E-state index contributed by atoms with van der Waals surface area (Å²) in [5.41, 5.74) is 1.65. The van der Waals surface area contributed by atoms with Crippen LogP contribution in [0.15, 0.2) is 24.3 Å². The van der Waals surface area contributed by atoms with Crippen LogP contribution >= 0.6 is 38.9 Å². The van der Waals surface area contributed by atoms with Crippen molar-refractivity contribution < 1.29 is 8.78 Å². The van der Waals surface area contributed by atoms with E-state index in [1.54, 1.807) is 6.07 Å². The Kier molecular flexibility index (Phi) is 3.85. The molecule has 2 aromatic rings. The smallest absolute Gasteiger partial charge is 0.159 e. The molecule has 90 valence electrons. The predicted molar refractivity (Wildman–Crippen MR) is 71.2 cm³/mol. The molecule has 17 heavy (non-hydrogen) atoms. The molecule has 0 N–H and O–H groups in total. The van der Waals surface area contributed by atoms with Gasteiger partial charge in [0.25, 0.3) is 0 Å². The van der Waals surface area contributed by atoms with Crippen LogP contribution in [0, 0.1) is 18.6 Å². The van der Waals surface area contributed by atoms with E-state index < -0.39 is 11.6 Å². The monoisotopic (exact) mass is 336 g/mol. The summed E-state index contributed by atoms with van der Waals surface area (Å²) in [4.78, 5) is 0.798. The van der Waals surface area contributed by atoms with E-state index in [1.165, 1.54) is 17.4 Å². The van der Waals surface area contributed by atoms with Crippen molar-refractivity contribution in [1.29, 1.82) is 0 Å². The van der Waals surface area contributed by atoms with Gasteiger partial charge in [0.15, 0.2) is 11.6 Å². The zero-order valence-electron chi connectivity index (χ0n) is 8.81. The molecule has 2 rings (SSSR count). The summed E-state index contributed by atoms with van der Waals surface area (Å²) in [5, 5.41) is 0. The molecule has 0 saturated heterocycles. The van der Waals surface area contributed by atoms with Crippen LogP contribution in [0.5, 0.6) is 0 Å². The Hall–Kier alpha value is -0.450. The number of halogens is 4. The summed E-state index contributed by atoms with van der Waals surface area (Å²) < 4.78 is 26.7. The van der Waals surface area contributed by atoms with Crippen LogP contribution in [0.2, 0.25) is 4.34 Å². The highest BCUT2D eigenvalue weighted by Gasteiger charge is 2.16. The van der Waals surface area contributed by atoms with Gasteiger partial charge in [-0.3, -0.25) is 0 Å². The Balaban J connectivity index is 2.36. The lowest BCUT2D eigenvalue weighted by molar-refractivity contribution is 0.507. The van der Waals surface area contributed by atoms with Gasteiger partial charge in [0.1, 0.15) is 0 Å². The van der Waals surface area contributed by atoms with Crippen molar-refractivity contribution in [2.75, 3.05) is 0 Å². The van der Waals surface area contributed by atoms with Gasteiger partial charge < -0.3 is 0 Å². The molecular formula is C12H8BrClF2S. The number of rotatable bonds is 2. The van der Waals surface area contributed by atoms with Crippen molar-refractivity contribution in [3.63, 3.8) is 0 Å². The fraction of sp³-hybridized carbons (Fsp3) is 0.167. The van der Waals surface area contributed by atoms with Gasteiger partial charge >= 0.3 is 0 Å². The molecule has 1 aromatic carbocycles. The van der Waals surface area contributed by atoms with Gasteiger partial charge in [-0.15, -0.1) is 11.3 Å². The van der Waals surface area contributed by atoms with Gasteiger partial charge in [-0.1, -0.05) is 33.6 Å². The highest BCUT2D eigenvalue weighted by atomic mass is 79.9. The summed E-state index contributed by atoms with van der Waals surface area (Å²) in [6, 6.07) is 5.81. The lowest BCUT2D eigenvalue weighted by Gasteiger charge is -2.08. The highest BCUT2D eigenvalue weighted by molar-refractivity contribution is 9.09. The molecule has 0 aliphatic rings. The maximum atomic E-state index is 13.1. The molecule has 5 heteroatoms. The molecular weight excluding hydrogens is 330 g/mol. The van der Waals surface area contributed by atoms with Gasteiger partial charge in [-0.2, -0.15) is 0 Å². The molecule has 1 aromatic heterocycles. The Morgan fingerprint density at radius 3 is 2.47 bits per heavy atom. The molecule has 0 saturated carbocycles. The van der Waals surface area contributed by atoms with E-state index in [-0.39, 0.29) is 4.83 Å². The maximum absolute atomic E-state index is 13.1. The Morgan fingerprint density at radius 1 is 1.24 bits per heavy atom. The third-order valence-corrected chi connectivity index (χ3v) is 5.31. The summed E-state index contributed by atoms with van der Waals surface area (Å²) in [6.07, 6.45) is 0. The molecule has 1 unspecified atom stereocenters. The molecule has 0 bridgehead atoms. The van der Waals surface area contributed by atoms with Crippen LogP contribution in [0.25, 0.3) is 0 Å². The third kappa shape index (κ3) is 2.69. The minimum Gasteiger partial charge on any atom is -0.204 e. The first-order valence-electron chi connectivity index (χ1n) is 4.84. The second-order valence-electron chi connectivity index (χ2n) is 3.64. The summed E-state index contributed by atoms with van der Waals surface area (Å²) >= 11 is 10.9. The van der Waals surface area contributed by atoms with Crippen molar-refractivity contribution in [2.24, 2.45) is 0 Å². The maximum Gasteiger partial charge on any atom is 0.159 e. The number of alkyl halides is 1. The number of aryl methyl sites for hydroxylation is 1.